The van der Waals surface area contributed by atoms with E-state index in [0.29, 0.717) is 5.56 Å². The number of aliphatic hydroxyl groups excluding tert-OH is 2. The molecule has 0 saturated carbocycles. The molecule has 0 radical (unpaired) electrons. The van der Waals surface area contributed by atoms with Crippen molar-refractivity contribution in [3.05, 3.63) is 97.5 Å². The van der Waals surface area contributed by atoms with Crippen molar-refractivity contribution < 1.29 is 34.0 Å². The molecule has 0 aliphatic carbocycles. The maximum Gasteiger partial charge on any atom is 0.311 e. The van der Waals surface area contributed by atoms with E-state index in [4.69, 9.17) is 9.15 Å². The maximum absolute atomic E-state index is 12.5. The first-order chi connectivity index (χ1) is 16.2. The van der Waals surface area contributed by atoms with Gasteiger partial charge in [0.2, 0.25) is 0 Å². The molecule has 0 aliphatic heterocycles. The summed E-state index contributed by atoms with van der Waals surface area (Å²) >= 11 is 0. The van der Waals surface area contributed by atoms with Crippen molar-refractivity contribution in [2.45, 2.75) is 25.7 Å². The first-order valence-corrected chi connectivity index (χ1v) is 10.00. The third kappa shape index (κ3) is 5.74. The fourth-order valence-corrected chi connectivity index (χ4v) is 3.11. The van der Waals surface area contributed by atoms with Crippen molar-refractivity contribution in [2.75, 3.05) is 6.61 Å². The molecule has 3 aromatic rings. The van der Waals surface area contributed by atoms with Crippen LogP contribution < -0.4 is 10.1 Å². The van der Waals surface area contributed by atoms with E-state index in [1.54, 1.807) is 13.0 Å². The minimum absolute atomic E-state index is 0.0459. The Labute approximate surface area is 192 Å². The Hall–Kier alpha value is -4.29. The van der Waals surface area contributed by atoms with Gasteiger partial charge < -0.3 is 24.7 Å². The topological polar surface area (TPSA) is 178 Å². The largest absolute Gasteiger partial charge is 0.479 e. The molecule has 2 aromatic carbocycles. The number of hydrogen-bond acceptors (Lipinski definition) is 9. The monoisotopic (exact) mass is 471 g/mol. The number of rotatable bonds is 10. The second kappa shape index (κ2) is 10.6. The summed E-state index contributed by atoms with van der Waals surface area (Å²) in [7, 11) is 0. The van der Waals surface area contributed by atoms with Crippen LogP contribution in [0.5, 0.6) is 5.75 Å². The third-order valence-corrected chi connectivity index (χ3v) is 4.91. The van der Waals surface area contributed by atoms with Crippen LogP contribution in [0.1, 0.15) is 33.5 Å². The normalized spacial score (nSPS) is 12.6. The fourth-order valence-electron chi connectivity index (χ4n) is 3.11. The summed E-state index contributed by atoms with van der Waals surface area (Å²) in [5, 5.41) is 44.5. The molecule has 1 amide bonds. The van der Waals surface area contributed by atoms with Crippen molar-refractivity contribution in [2.24, 2.45) is 0 Å². The number of aliphatic hydroxyl groups is 2. The number of aryl methyl sites for hydroxylation is 1. The van der Waals surface area contributed by atoms with E-state index in [1.165, 1.54) is 48.5 Å². The molecule has 1 aromatic heterocycles. The van der Waals surface area contributed by atoms with Crippen LogP contribution >= 0.6 is 0 Å². The summed E-state index contributed by atoms with van der Waals surface area (Å²) in [6.45, 7) is 0.927. The number of non-ortho nitro benzene ring substituents is 1. The summed E-state index contributed by atoms with van der Waals surface area (Å²) < 4.78 is 10.9. The fraction of sp³-hybridized carbons (Fsp3) is 0.227. The minimum atomic E-state index is -1.34. The van der Waals surface area contributed by atoms with Crippen LogP contribution in [0.15, 0.2) is 59.0 Å². The van der Waals surface area contributed by atoms with Gasteiger partial charge in [0, 0.05) is 18.2 Å². The third-order valence-electron chi connectivity index (χ3n) is 4.91. The summed E-state index contributed by atoms with van der Waals surface area (Å²) in [4.78, 5) is 33.3. The molecule has 3 rings (SSSR count). The number of ether oxygens (including phenoxy) is 1. The van der Waals surface area contributed by atoms with E-state index in [-0.39, 0.29) is 40.8 Å². The lowest BCUT2D eigenvalue weighted by Gasteiger charge is -2.22. The zero-order valence-corrected chi connectivity index (χ0v) is 17.9. The molecule has 0 spiro atoms. The zero-order chi connectivity index (χ0) is 24.8. The number of nitro groups is 2. The minimum Gasteiger partial charge on any atom is -0.479 e. The Kier molecular flexibility index (Phi) is 7.56. The van der Waals surface area contributed by atoms with Crippen LogP contribution in [-0.4, -0.2) is 38.6 Å². The summed E-state index contributed by atoms with van der Waals surface area (Å²) in [6, 6.07) is 11.2. The van der Waals surface area contributed by atoms with Crippen molar-refractivity contribution in [1.29, 1.82) is 0 Å². The number of carbonyl (C=O) groups excluding carboxylic acids is 1. The number of nitro benzene ring substituents is 2. The molecule has 2 unspecified atom stereocenters. The van der Waals surface area contributed by atoms with E-state index in [9.17, 15) is 35.2 Å². The highest BCUT2D eigenvalue weighted by molar-refractivity contribution is 5.91. The van der Waals surface area contributed by atoms with E-state index in [1.807, 2.05) is 0 Å². The van der Waals surface area contributed by atoms with Gasteiger partial charge in [-0.2, -0.15) is 0 Å². The number of hydrogen-bond donors (Lipinski definition) is 3. The molecule has 12 heteroatoms. The van der Waals surface area contributed by atoms with Crippen LogP contribution in [0.4, 0.5) is 11.4 Å². The van der Waals surface area contributed by atoms with Gasteiger partial charge in [-0.15, -0.1) is 0 Å². The highest BCUT2D eigenvalue weighted by Gasteiger charge is 2.25. The highest BCUT2D eigenvalue weighted by Crippen LogP contribution is 2.28. The van der Waals surface area contributed by atoms with Gasteiger partial charge in [-0.05, 0) is 48.4 Å². The molecule has 1 heterocycles. The van der Waals surface area contributed by atoms with Crippen molar-refractivity contribution in [3.63, 3.8) is 0 Å². The number of furan rings is 1. The summed E-state index contributed by atoms with van der Waals surface area (Å²) in [6.07, 6.45) is -1.34. The van der Waals surface area contributed by atoms with Gasteiger partial charge in [0.25, 0.3) is 11.6 Å². The molecule has 0 fully saturated rings. The molecule has 34 heavy (non-hydrogen) atoms. The van der Waals surface area contributed by atoms with Gasteiger partial charge in [0.15, 0.2) is 11.5 Å². The van der Waals surface area contributed by atoms with Crippen molar-refractivity contribution in [3.8, 4) is 5.75 Å². The first kappa shape index (κ1) is 24.4. The Morgan fingerprint density at radius 1 is 1.09 bits per heavy atom. The highest BCUT2D eigenvalue weighted by atomic mass is 16.6. The van der Waals surface area contributed by atoms with Gasteiger partial charge in [-0.1, -0.05) is 6.07 Å². The second-order valence-electron chi connectivity index (χ2n) is 7.34. The molecule has 0 bridgehead atoms. The van der Waals surface area contributed by atoms with E-state index >= 15 is 0 Å². The molecule has 2 atom stereocenters. The van der Waals surface area contributed by atoms with Gasteiger partial charge in [-0.3, -0.25) is 25.0 Å². The smallest absolute Gasteiger partial charge is 0.311 e. The molecular weight excluding hydrogens is 450 g/mol. The average molecular weight is 471 g/mol. The molecular formula is C22H21N3O9. The molecule has 0 saturated heterocycles. The van der Waals surface area contributed by atoms with Crippen LogP contribution in [0.3, 0.4) is 0 Å². The zero-order valence-electron chi connectivity index (χ0n) is 17.9. The molecule has 0 aliphatic rings. The number of nitrogens with one attached hydrogen (secondary N) is 1. The van der Waals surface area contributed by atoms with Crippen LogP contribution in [0, 0.1) is 27.2 Å². The van der Waals surface area contributed by atoms with Gasteiger partial charge >= 0.3 is 5.69 Å². The van der Waals surface area contributed by atoms with Gasteiger partial charge in [0.05, 0.1) is 22.5 Å². The first-order valence-electron chi connectivity index (χ1n) is 10.00. The maximum atomic E-state index is 12.5. The number of nitrogens with zero attached hydrogens (tertiary/aromatic N) is 2. The lowest BCUT2D eigenvalue weighted by molar-refractivity contribution is -0.386. The number of carbonyl (C=O) groups is 1. The Morgan fingerprint density at radius 2 is 1.79 bits per heavy atom. The number of amides is 1. The quantitative estimate of drug-likeness (QED) is 0.296. The Morgan fingerprint density at radius 3 is 2.41 bits per heavy atom. The molecule has 12 nitrogen and oxygen atoms in total. The van der Waals surface area contributed by atoms with E-state index in [2.05, 4.69) is 5.32 Å². The van der Waals surface area contributed by atoms with Crippen LogP contribution in [-0.2, 0) is 6.61 Å². The van der Waals surface area contributed by atoms with Gasteiger partial charge in [0.1, 0.15) is 18.5 Å². The number of benzene rings is 2. The van der Waals surface area contributed by atoms with Gasteiger partial charge in [-0.25, -0.2) is 0 Å². The van der Waals surface area contributed by atoms with Crippen molar-refractivity contribution >= 4 is 17.3 Å². The standard InChI is InChI=1S/C22H21N3O9/c1-13-2-8-19(18(10-13)25(31)32)33-12-16-7-9-20(34-16)22(28)23-17(11-26)21(27)14-3-5-15(6-4-14)24(29)30/h2-10,17,21,26-27H,11-12H2,1H3,(H,23,28). The molecule has 3 N–H and O–H groups in total. The van der Waals surface area contributed by atoms with Crippen molar-refractivity contribution in [1.82, 2.24) is 5.32 Å². The lowest BCUT2D eigenvalue weighted by atomic mass is 10.0. The van der Waals surface area contributed by atoms with Crippen LogP contribution in [0.2, 0.25) is 0 Å². The molecule has 178 valence electrons. The summed E-state index contributed by atoms with van der Waals surface area (Å²) in [5.41, 5.74) is 0.598. The predicted molar refractivity (Wildman–Crippen MR) is 117 cm³/mol. The second-order valence-corrected chi connectivity index (χ2v) is 7.34. The van der Waals surface area contributed by atoms with E-state index < -0.39 is 34.5 Å². The predicted octanol–water partition coefficient (Wildman–Crippen LogP) is 2.81. The SMILES string of the molecule is Cc1ccc(OCc2ccc(C(=O)NC(CO)C(O)c3ccc([N+](=O)[O-])cc3)o2)c([N+](=O)[O-])c1. The Balaban J connectivity index is 1.64. The average Bonchev–Trinajstić information content (AvgIpc) is 3.30. The van der Waals surface area contributed by atoms with Crippen LogP contribution in [0.25, 0.3) is 0 Å². The lowest BCUT2D eigenvalue weighted by Crippen LogP contribution is -2.41. The summed E-state index contributed by atoms with van der Waals surface area (Å²) in [5.74, 6) is -0.597. The van der Waals surface area contributed by atoms with E-state index in [0.717, 1.165) is 0 Å². The Bertz CT molecular complexity index is 1190.